The largest absolute Gasteiger partial charge is 0.503 e. The van der Waals surface area contributed by atoms with E-state index in [0.717, 1.165) is 12.1 Å². The number of halogens is 1. The molecule has 2 aliphatic heterocycles. The number of thioether (sulfide) groups is 1. The van der Waals surface area contributed by atoms with E-state index >= 15 is 0 Å². The van der Waals surface area contributed by atoms with E-state index in [2.05, 4.69) is 17.1 Å². The Balaban J connectivity index is 0.000000157. The van der Waals surface area contributed by atoms with Gasteiger partial charge in [-0.25, -0.2) is 0 Å². The predicted octanol–water partition coefficient (Wildman–Crippen LogP) is -5.08. The monoisotopic (exact) mass is 305 g/mol. The van der Waals surface area contributed by atoms with Crippen molar-refractivity contribution in [3.63, 3.8) is 0 Å². The van der Waals surface area contributed by atoms with Crippen molar-refractivity contribution in [2.75, 3.05) is 11.5 Å². The zero-order chi connectivity index (χ0) is 8.97. The second kappa shape index (κ2) is 5.61. The molecule has 0 radical (unpaired) electrons. The maximum absolute atomic E-state index is 8.68. The summed E-state index contributed by atoms with van der Waals surface area (Å²) in [7, 11) is 0. The van der Waals surface area contributed by atoms with E-state index in [0.29, 0.717) is 0 Å². The van der Waals surface area contributed by atoms with Crippen LogP contribution >= 0.6 is 11.8 Å². The van der Waals surface area contributed by atoms with Gasteiger partial charge in [-0.3, -0.25) is 0 Å². The molecule has 0 aromatic rings. The van der Waals surface area contributed by atoms with E-state index in [1.807, 2.05) is 0 Å². The molecule has 2 fully saturated rings. The van der Waals surface area contributed by atoms with Gasteiger partial charge >= 0.3 is 21.1 Å². The lowest BCUT2D eigenvalue weighted by molar-refractivity contribution is -1.63. The van der Waals surface area contributed by atoms with Crippen LogP contribution in [0.5, 0.6) is 0 Å². The topological polar surface area (TPSA) is 78.4 Å². The van der Waals surface area contributed by atoms with Crippen molar-refractivity contribution in [3.8, 4) is 0 Å². The summed E-state index contributed by atoms with van der Waals surface area (Å²) < 4.78 is 24.5. The summed E-state index contributed by atoms with van der Waals surface area (Å²) in [5.74, 6) is 2.72. The highest BCUT2D eigenvalue weighted by Crippen LogP contribution is 2.24. The Bertz CT molecular complexity index is 121. The van der Waals surface area contributed by atoms with E-state index in [9.17, 15) is 0 Å². The van der Waals surface area contributed by atoms with E-state index in [1.165, 1.54) is 24.3 Å². The molecule has 2 aliphatic rings. The zero-order valence-electron chi connectivity index (χ0n) is 6.53. The third-order valence-electron chi connectivity index (χ3n) is 1.97. The van der Waals surface area contributed by atoms with Crippen LogP contribution in [0.4, 0.5) is 0 Å². The average Bonchev–Trinajstić information content (AvgIpc) is 2.30. The lowest BCUT2D eigenvalue weighted by atomic mass is 10.2. The van der Waals surface area contributed by atoms with Crippen LogP contribution in [0.25, 0.3) is 0 Å². The first-order valence-corrected chi connectivity index (χ1v) is 7.65. The maximum Gasteiger partial charge on any atom is 0.503 e. The molecule has 6 heteroatoms. The van der Waals surface area contributed by atoms with Crippen molar-refractivity contribution in [3.05, 3.63) is 0 Å². The van der Waals surface area contributed by atoms with Crippen molar-refractivity contribution in [1.29, 1.82) is 0 Å². The summed E-state index contributed by atoms with van der Waals surface area (Å²) in [6.07, 6.45) is 2.86. The second-order valence-electron chi connectivity index (χ2n) is 2.88. The molecule has 0 aliphatic carbocycles. The molecule has 2 heterocycles. The molecule has 0 saturated carbocycles. The number of nitrogens with one attached hydrogen (secondary N) is 1. The van der Waals surface area contributed by atoms with Crippen LogP contribution in [-0.2, 0) is 0 Å². The van der Waals surface area contributed by atoms with E-state index in [4.69, 9.17) is 10.3 Å². The highest BCUT2D eigenvalue weighted by Gasteiger charge is 2.27. The Morgan fingerprint density at radius 1 is 1.25 bits per heavy atom. The summed E-state index contributed by atoms with van der Waals surface area (Å²) in [6, 6.07) is 1.75. The molecule has 2 bridgehead atoms. The Morgan fingerprint density at radius 3 is 2.00 bits per heavy atom. The molecular weight excluding hydrogens is 293 g/mol. The van der Waals surface area contributed by atoms with Crippen LogP contribution in [0.15, 0.2) is 0 Å². The Kier molecular flexibility index (Phi) is 5.14. The normalized spacial score (nSPS) is 33.0. The molecule has 0 unspecified atom stereocenters. The fraction of sp³-hybridized carbons (Fsp3) is 1.00. The molecule has 0 aromatic carbocycles. The van der Waals surface area contributed by atoms with Crippen LogP contribution in [0, 0.1) is 0 Å². The van der Waals surface area contributed by atoms with E-state index < -0.39 is 21.1 Å². The van der Waals surface area contributed by atoms with Crippen LogP contribution in [-0.4, -0.2) is 27.0 Å². The zero-order valence-corrected chi connectivity index (χ0v) is 9.51. The Morgan fingerprint density at radius 2 is 1.67 bits per heavy atom. The smallest absolute Gasteiger partial charge is 0.396 e. The molecule has 2 rings (SSSR count). The highest BCUT2D eigenvalue weighted by molar-refractivity contribution is 7.99. The molecule has 72 valence electrons. The SMILES string of the molecule is C1C[C@H]2CSC[C@@H]1N2.[O-][I+2]([O-])O. The molecule has 0 aromatic heterocycles. The van der Waals surface area contributed by atoms with Gasteiger partial charge in [-0.15, -0.1) is 0 Å². The van der Waals surface area contributed by atoms with Gasteiger partial charge in [0.05, 0.1) is 0 Å². The number of hydrogen-bond acceptors (Lipinski definition) is 5. The molecule has 2 N–H and O–H groups in total. The maximum atomic E-state index is 8.68. The third kappa shape index (κ3) is 4.24. The molecule has 12 heavy (non-hydrogen) atoms. The first-order chi connectivity index (χ1) is 5.68. The standard InChI is InChI=1S/C6H11NS.HIO3/c1-2-6-4-8-3-5(1)7-6;2-1(3)4/h5-7H,1-4H2;2H/t5-,6+;. The minimum absolute atomic E-state index is 0.874. The number of rotatable bonds is 0. The molecule has 0 amide bonds. The van der Waals surface area contributed by atoms with Crippen LogP contribution < -0.4 is 33.3 Å². The second-order valence-corrected chi connectivity index (χ2v) is 5.10. The Hall–Kier alpha value is 0.920. The lowest BCUT2D eigenvalue weighted by Crippen LogP contribution is -3.98. The molecule has 4 nitrogen and oxygen atoms in total. The van der Waals surface area contributed by atoms with E-state index in [1.54, 1.807) is 0 Å². The van der Waals surface area contributed by atoms with Gasteiger partial charge in [-0.05, 0) is 16.3 Å². The Labute approximate surface area is 84.8 Å². The van der Waals surface area contributed by atoms with Crippen molar-refractivity contribution in [2.24, 2.45) is 0 Å². The van der Waals surface area contributed by atoms with Gasteiger partial charge in [-0.2, -0.15) is 11.8 Å². The van der Waals surface area contributed by atoms with Crippen LogP contribution in [0.2, 0.25) is 0 Å². The number of hydrogen-bond donors (Lipinski definition) is 2. The molecule has 2 saturated heterocycles. The molecule has 2 atom stereocenters. The molecule has 0 spiro atoms. The summed E-state index contributed by atoms with van der Waals surface area (Å²) in [5, 5.41) is 3.57. The first kappa shape index (κ1) is 11.0. The van der Waals surface area contributed by atoms with Gasteiger partial charge in [0.2, 0.25) is 0 Å². The van der Waals surface area contributed by atoms with Gasteiger partial charge in [0, 0.05) is 23.6 Å². The van der Waals surface area contributed by atoms with Gasteiger partial charge < -0.3 is 12.2 Å². The van der Waals surface area contributed by atoms with Crippen molar-refractivity contribution >= 4 is 11.8 Å². The fourth-order valence-electron chi connectivity index (χ4n) is 1.52. The average molecular weight is 305 g/mol. The van der Waals surface area contributed by atoms with Gasteiger partial charge in [0.15, 0.2) is 0 Å². The van der Waals surface area contributed by atoms with Crippen molar-refractivity contribution < 1.29 is 31.4 Å². The van der Waals surface area contributed by atoms with Crippen molar-refractivity contribution in [2.45, 2.75) is 24.9 Å². The van der Waals surface area contributed by atoms with Crippen molar-refractivity contribution in [1.82, 2.24) is 5.32 Å². The third-order valence-corrected chi connectivity index (χ3v) is 3.25. The minimum atomic E-state index is -3.76. The lowest BCUT2D eigenvalue weighted by Gasteiger charge is -2.19. The summed E-state index contributed by atoms with van der Waals surface area (Å²) in [6.45, 7) is 0. The van der Waals surface area contributed by atoms with Gasteiger partial charge in [0.25, 0.3) is 0 Å². The first-order valence-electron chi connectivity index (χ1n) is 3.77. The molecular formula is C6H12INO3S. The van der Waals surface area contributed by atoms with E-state index in [-0.39, 0.29) is 0 Å². The van der Waals surface area contributed by atoms with Gasteiger partial charge in [0.1, 0.15) is 0 Å². The van der Waals surface area contributed by atoms with Gasteiger partial charge in [-0.1, -0.05) is 0 Å². The van der Waals surface area contributed by atoms with Crippen LogP contribution in [0.3, 0.4) is 0 Å². The summed E-state index contributed by atoms with van der Waals surface area (Å²) in [5.41, 5.74) is 0. The summed E-state index contributed by atoms with van der Waals surface area (Å²) >= 11 is -1.65. The highest BCUT2D eigenvalue weighted by atomic mass is 127. The minimum Gasteiger partial charge on any atom is -0.396 e. The quantitative estimate of drug-likeness (QED) is 0.438. The fourth-order valence-corrected chi connectivity index (χ4v) is 2.75. The van der Waals surface area contributed by atoms with Crippen LogP contribution in [0.1, 0.15) is 12.8 Å². The number of fused-ring (bicyclic) bond motifs is 2. The predicted molar refractivity (Wildman–Crippen MR) is 39.5 cm³/mol. The summed E-state index contributed by atoms with van der Waals surface area (Å²) in [4.78, 5) is 0.